The van der Waals surface area contributed by atoms with E-state index in [1.165, 1.54) is 11.3 Å². The molecule has 0 saturated heterocycles. The van der Waals surface area contributed by atoms with Crippen LogP contribution in [0.2, 0.25) is 5.15 Å². The van der Waals surface area contributed by atoms with Crippen molar-refractivity contribution >= 4 is 45.5 Å². The monoisotopic (exact) mass is 413 g/mol. The number of amides is 1. The van der Waals surface area contributed by atoms with Gasteiger partial charge in [-0.15, -0.1) is 11.3 Å². The summed E-state index contributed by atoms with van der Waals surface area (Å²) in [4.78, 5) is 27.5. The molecule has 3 aromatic rings. The fourth-order valence-electron chi connectivity index (χ4n) is 3.39. The molecular weight excluding hydrogens is 394 g/mol. The second-order valence-corrected chi connectivity index (χ2v) is 8.48. The van der Waals surface area contributed by atoms with Crippen molar-refractivity contribution in [3.8, 4) is 11.3 Å². The predicted octanol–water partition coefficient (Wildman–Crippen LogP) is 4.81. The Bertz CT molecular complexity index is 1080. The standard InChI is InChI=1S/C20H20ClN5OS/c1-5-16-23-15(21)9-17(24-16)25-19-22-13(10-28-19)11-6-7-14-12(8-11)20(2,3)18(27)26(14)4/h6-10H,5H2,1-4H3,(H,22,23,24,25). The number of benzene rings is 1. The molecule has 8 heteroatoms. The van der Waals surface area contributed by atoms with Crippen LogP contribution in [0.25, 0.3) is 11.3 Å². The number of hydrogen-bond acceptors (Lipinski definition) is 6. The average molecular weight is 414 g/mol. The van der Waals surface area contributed by atoms with Crippen molar-refractivity contribution in [3.63, 3.8) is 0 Å². The normalized spacial score (nSPS) is 15.0. The molecular formula is C20H20ClN5OS. The van der Waals surface area contributed by atoms with Crippen molar-refractivity contribution in [2.24, 2.45) is 0 Å². The van der Waals surface area contributed by atoms with E-state index in [0.717, 1.165) is 27.6 Å². The van der Waals surface area contributed by atoms with E-state index in [1.54, 1.807) is 11.0 Å². The Morgan fingerprint density at radius 3 is 2.75 bits per heavy atom. The molecule has 3 heterocycles. The molecule has 0 aliphatic carbocycles. The maximum absolute atomic E-state index is 12.5. The minimum atomic E-state index is -0.536. The van der Waals surface area contributed by atoms with Crippen LogP contribution in [0.4, 0.5) is 16.6 Å². The van der Waals surface area contributed by atoms with Crippen LogP contribution in [-0.2, 0) is 16.6 Å². The number of thiazole rings is 1. The van der Waals surface area contributed by atoms with E-state index >= 15 is 0 Å². The van der Waals surface area contributed by atoms with Gasteiger partial charge in [-0.3, -0.25) is 4.79 Å². The largest absolute Gasteiger partial charge is 0.316 e. The van der Waals surface area contributed by atoms with Crippen LogP contribution in [0.3, 0.4) is 0 Å². The van der Waals surface area contributed by atoms with Crippen LogP contribution < -0.4 is 10.2 Å². The lowest BCUT2D eigenvalue weighted by Gasteiger charge is -2.16. The molecule has 0 atom stereocenters. The number of fused-ring (bicyclic) bond motifs is 1. The highest BCUT2D eigenvalue weighted by Crippen LogP contribution is 2.42. The lowest BCUT2D eigenvalue weighted by atomic mass is 9.85. The van der Waals surface area contributed by atoms with Gasteiger partial charge in [-0.2, -0.15) is 0 Å². The molecule has 0 radical (unpaired) electrons. The SMILES string of the molecule is CCc1nc(Cl)cc(Nc2nc(-c3ccc4c(c3)C(C)(C)C(=O)N4C)cs2)n1. The Morgan fingerprint density at radius 1 is 1.21 bits per heavy atom. The van der Waals surface area contributed by atoms with Crippen LogP contribution >= 0.6 is 22.9 Å². The minimum absolute atomic E-state index is 0.104. The maximum atomic E-state index is 12.5. The molecule has 1 aliphatic heterocycles. The van der Waals surface area contributed by atoms with E-state index in [1.807, 2.05) is 45.3 Å². The molecule has 144 valence electrons. The summed E-state index contributed by atoms with van der Waals surface area (Å²) in [5.74, 6) is 1.41. The molecule has 4 rings (SSSR count). The van der Waals surface area contributed by atoms with Crippen LogP contribution in [0.1, 0.15) is 32.2 Å². The summed E-state index contributed by atoms with van der Waals surface area (Å²) in [5, 5.41) is 6.31. The first kappa shape index (κ1) is 18.8. The number of aryl methyl sites for hydroxylation is 1. The van der Waals surface area contributed by atoms with E-state index in [4.69, 9.17) is 11.6 Å². The second-order valence-electron chi connectivity index (χ2n) is 7.23. The first-order valence-electron chi connectivity index (χ1n) is 8.98. The van der Waals surface area contributed by atoms with Gasteiger partial charge >= 0.3 is 0 Å². The molecule has 1 N–H and O–H groups in total. The molecule has 1 aromatic carbocycles. The molecule has 0 bridgehead atoms. The number of carbonyl (C=O) groups excluding carboxylic acids is 1. The van der Waals surface area contributed by atoms with E-state index < -0.39 is 5.41 Å². The molecule has 28 heavy (non-hydrogen) atoms. The van der Waals surface area contributed by atoms with E-state index in [9.17, 15) is 4.79 Å². The second kappa shape index (κ2) is 6.83. The molecule has 0 spiro atoms. The molecule has 0 unspecified atom stereocenters. The van der Waals surface area contributed by atoms with Crippen LogP contribution in [-0.4, -0.2) is 27.9 Å². The van der Waals surface area contributed by atoms with Gasteiger partial charge in [0.1, 0.15) is 16.8 Å². The summed E-state index contributed by atoms with van der Waals surface area (Å²) in [6.45, 7) is 5.90. The molecule has 6 nitrogen and oxygen atoms in total. The highest BCUT2D eigenvalue weighted by atomic mass is 35.5. The fraction of sp³-hybridized carbons (Fsp3) is 0.300. The third-order valence-electron chi connectivity index (χ3n) is 4.96. The minimum Gasteiger partial charge on any atom is -0.316 e. The Hall–Kier alpha value is -2.51. The molecule has 1 aliphatic rings. The number of hydrogen-bond donors (Lipinski definition) is 1. The zero-order valence-corrected chi connectivity index (χ0v) is 17.6. The van der Waals surface area contributed by atoms with Gasteiger partial charge in [-0.05, 0) is 31.5 Å². The summed E-state index contributed by atoms with van der Waals surface area (Å²) in [5.41, 5.74) is 3.27. The topological polar surface area (TPSA) is 71.0 Å². The zero-order valence-electron chi connectivity index (χ0n) is 16.1. The van der Waals surface area contributed by atoms with Gasteiger partial charge in [0.15, 0.2) is 5.13 Å². The molecule has 0 saturated carbocycles. The summed E-state index contributed by atoms with van der Waals surface area (Å²) in [6, 6.07) is 7.73. The van der Waals surface area contributed by atoms with Gasteiger partial charge in [0.05, 0.1) is 11.1 Å². The van der Waals surface area contributed by atoms with Gasteiger partial charge in [0.25, 0.3) is 0 Å². The average Bonchev–Trinajstić information content (AvgIpc) is 3.19. The van der Waals surface area contributed by atoms with Crippen LogP contribution in [0, 0.1) is 0 Å². The van der Waals surface area contributed by atoms with Gasteiger partial charge in [0, 0.05) is 36.2 Å². The number of aromatic nitrogens is 3. The Labute approximate surface area is 172 Å². The smallest absolute Gasteiger partial charge is 0.236 e. The lowest BCUT2D eigenvalue weighted by molar-refractivity contribution is -0.121. The number of rotatable bonds is 4. The number of nitrogens with one attached hydrogen (secondary N) is 1. The van der Waals surface area contributed by atoms with Gasteiger partial charge in [-0.25, -0.2) is 15.0 Å². The summed E-state index contributed by atoms with van der Waals surface area (Å²) in [6.07, 6.45) is 0.705. The van der Waals surface area contributed by atoms with Crippen LogP contribution in [0.5, 0.6) is 0 Å². The van der Waals surface area contributed by atoms with Gasteiger partial charge in [-0.1, -0.05) is 24.6 Å². The first-order valence-corrected chi connectivity index (χ1v) is 10.2. The molecule has 1 amide bonds. The summed E-state index contributed by atoms with van der Waals surface area (Å²) < 4.78 is 0. The van der Waals surface area contributed by atoms with Crippen molar-refractivity contribution in [2.45, 2.75) is 32.6 Å². The highest BCUT2D eigenvalue weighted by Gasteiger charge is 2.42. The summed E-state index contributed by atoms with van der Waals surface area (Å²) >= 11 is 7.55. The van der Waals surface area contributed by atoms with Crippen LogP contribution in [0.15, 0.2) is 29.6 Å². The number of likely N-dealkylation sites (N-methyl/N-ethyl adjacent to an activating group) is 1. The van der Waals surface area contributed by atoms with E-state index in [0.29, 0.717) is 23.2 Å². The molecule has 0 fully saturated rings. The van der Waals surface area contributed by atoms with E-state index in [2.05, 4.69) is 26.3 Å². The third-order valence-corrected chi connectivity index (χ3v) is 5.91. The van der Waals surface area contributed by atoms with Gasteiger partial charge in [0.2, 0.25) is 5.91 Å². The van der Waals surface area contributed by atoms with Crippen molar-refractivity contribution in [3.05, 3.63) is 46.2 Å². The number of nitrogens with zero attached hydrogens (tertiary/aromatic N) is 4. The Morgan fingerprint density at radius 2 is 2.00 bits per heavy atom. The number of halogens is 1. The Kier molecular flexibility index (Phi) is 4.59. The van der Waals surface area contributed by atoms with Crippen molar-refractivity contribution in [1.29, 1.82) is 0 Å². The first-order chi connectivity index (χ1) is 13.3. The van der Waals surface area contributed by atoms with Crippen molar-refractivity contribution in [2.75, 3.05) is 17.3 Å². The highest BCUT2D eigenvalue weighted by molar-refractivity contribution is 7.14. The lowest BCUT2D eigenvalue weighted by Crippen LogP contribution is -2.33. The fourth-order valence-corrected chi connectivity index (χ4v) is 4.32. The van der Waals surface area contributed by atoms with Gasteiger partial charge < -0.3 is 10.2 Å². The van der Waals surface area contributed by atoms with E-state index in [-0.39, 0.29) is 5.91 Å². The third kappa shape index (κ3) is 3.14. The van der Waals surface area contributed by atoms with Crippen molar-refractivity contribution < 1.29 is 4.79 Å². The Balaban J connectivity index is 1.63. The maximum Gasteiger partial charge on any atom is 0.236 e. The number of carbonyl (C=O) groups is 1. The molecule has 2 aromatic heterocycles. The quantitative estimate of drug-likeness (QED) is 0.621. The summed E-state index contributed by atoms with van der Waals surface area (Å²) in [7, 11) is 1.82. The van der Waals surface area contributed by atoms with Crippen molar-refractivity contribution in [1.82, 2.24) is 15.0 Å². The predicted molar refractivity (Wildman–Crippen MR) is 114 cm³/mol. The zero-order chi connectivity index (χ0) is 20.1. The number of anilines is 3.